The van der Waals surface area contributed by atoms with Gasteiger partial charge >= 0.3 is 0 Å². The molecule has 1 saturated carbocycles. The first kappa shape index (κ1) is 13.7. The molecule has 0 aliphatic heterocycles. The highest BCUT2D eigenvalue weighted by Crippen LogP contribution is 2.32. The smallest absolute Gasteiger partial charge is 0.243 e. The zero-order valence-corrected chi connectivity index (χ0v) is 11.1. The van der Waals surface area contributed by atoms with E-state index in [4.69, 9.17) is 11.1 Å². The van der Waals surface area contributed by atoms with Crippen LogP contribution in [0.4, 0.5) is 5.82 Å². The van der Waals surface area contributed by atoms with Crippen molar-refractivity contribution < 1.29 is 8.42 Å². The molecular formula is C11H15N5O2S. The van der Waals surface area contributed by atoms with Gasteiger partial charge in [-0.15, -0.1) is 0 Å². The summed E-state index contributed by atoms with van der Waals surface area (Å²) in [5, 5.41) is 8.63. The highest BCUT2D eigenvalue weighted by molar-refractivity contribution is 7.89. The first-order chi connectivity index (χ1) is 9.09. The number of aromatic nitrogens is 1. The van der Waals surface area contributed by atoms with Gasteiger partial charge in [0.25, 0.3) is 0 Å². The monoisotopic (exact) mass is 281 g/mol. The molecule has 1 aliphatic carbocycles. The van der Waals surface area contributed by atoms with Gasteiger partial charge in [0, 0.05) is 31.3 Å². The SMILES string of the molecule is N#CCCN(C1CC1)S(=O)(=O)c1ccnc(NN)c1. The molecule has 0 aromatic carbocycles. The third-order valence-electron chi connectivity index (χ3n) is 2.88. The van der Waals surface area contributed by atoms with E-state index in [1.54, 1.807) is 0 Å². The zero-order valence-electron chi connectivity index (χ0n) is 10.3. The predicted molar refractivity (Wildman–Crippen MR) is 69.2 cm³/mol. The summed E-state index contributed by atoms with van der Waals surface area (Å²) in [6, 6.07) is 4.81. The largest absolute Gasteiger partial charge is 0.308 e. The van der Waals surface area contributed by atoms with Gasteiger partial charge in [0.15, 0.2) is 0 Å². The topological polar surface area (TPSA) is 112 Å². The average Bonchev–Trinajstić information content (AvgIpc) is 3.23. The summed E-state index contributed by atoms with van der Waals surface area (Å²) in [6.45, 7) is 0.219. The van der Waals surface area contributed by atoms with Crippen molar-refractivity contribution in [2.75, 3.05) is 12.0 Å². The zero-order chi connectivity index (χ0) is 13.9. The van der Waals surface area contributed by atoms with Crippen LogP contribution in [-0.2, 0) is 10.0 Å². The van der Waals surface area contributed by atoms with E-state index in [0.29, 0.717) is 0 Å². The van der Waals surface area contributed by atoms with Gasteiger partial charge in [0.2, 0.25) is 10.0 Å². The van der Waals surface area contributed by atoms with Crippen LogP contribution in [0.2, 0.25) is 0 Å². The Hall–Kier alpha value is -1.69. The molecule has 2 rings (SSSR count). The fourth-order valence-corrected chi connectivity index (χ4v) is 3.51. The molecule has 3 N–H and O–H groups in total. The van der Waals surface area contributed by atoms with E-state index in [1.165, 1.54) is 22.6 Å². The third-order valence-corrected chi connectivity index (χ3v) is 4.83. The van der Waals surface area contributed by atoms with Crippen molar-refractivity contribution in [1.82, 2.24) is 9.29 Å². The maximum atomic E-state index is 12.5. The van der Waals surface area contributed by atoms with Crippen LogP contribution in [0.1, 0.15) is 19.3 Å². The predicted octanol–water partition coefficient (Wildman–Crippen LogP) is 0.434. The third kappa shape index (κ3) is 3.01. The molecule has 1 aliphatic rings. The minimum absolute atomic E-state index is 0.0146. The van der Waals surface area contributed by atoms with Crippen LogP contribution in [-0.4, -0.2) is 30.3 Å². The molecule has 1 heterocycles. The van der Waals surface area contributed by atoms with Crippen molar-refractivity contribution in [3.05, 3.63) is 18.3 Å². The number of hydrazine groups is 1. The van der Waals surface area contributed by atoms with Crippen molar-refractivity contribution in [1.29, 1.82) is 5.26 Å². The summed E-state index contributed by atoms with van der Waals surface area (Å²) in [4.78, 5) is 4.02. The number of rotatable bonds is 6. The minimum Gasteiger partial charge on any atom is -0.308 e. The van der Waals surface area contributed by atoms with Crippen LogP contribution in [0.5, 0.6) is 0 Å². The fraction of sp³-hybridized carbons (Fsp3) is 0.455. The van der Waals surface area contributed by atoms with Crippen molar-refractivity contribution >= 4 is 15.8 Å². The number of nitrogens with two attached hydrogens (primary N) is 1. The second-order valence-electron chi connectivity index (χ2n) is 4.28. The Morgan fingerprint density at radius 3 is 2.89 bits per heavy atom. The van der Waals surface area contributed by atoms with Gasteiger partial charge in [0.05, 0.1) is 11.0 Å². The number of hydrogen-bond donors (Lipinski definition) is 2. The quantitative estimate of drug-likeness (QED) is 0.577. The highest BCUT2D eigenvalue weighted by Gasteiger charge is 2.37. The lowest BCUT2D eigenvalue weighted by Gasteiger charge is -2.20. The van der Waals surface area contributed by atoms with Crippen molar-refractivity contribution in [2.45, 2.75) is 30.2 Å². The molecule has 0 unspecified atom stereocenters. The summed E-state index contributed by atoms with van der Waals surface area (Å²) in [5.74, 6) is 5.52. The summed E-state index contributed by atoms with van der Waals surface area (Å²) < 4.78 is 26.4. The molecule has 0 atom stereocenters. The molecule has 1 fully saturated rings. The van der Waals surface area contributed by atoms with Crippen molar-refractivity contribution in [2.24, 2.45) is 5.84 Å². The lowest BCUT2D eigenvalue weighted by Crippen LogP contribution is -2.34. The lowest BCUT2D eigenvalue weighted by atomic mass is 10.4. The summed E-state index contributed by atoms with van der Waals surface area (Å²) >= 11 is 0. The normalized spacial score (nSPS) is 15.2. The van der Waals surface area contributed by atoms with Crippen LogP contribution in [0.15, 0.2) is 23.2 Å². The second kappa shape index (κ2) is 5.52. The molecule has 1 aromatic rings. The van der Waals surface area contributed by atoms with E-state index in [1.807, 2.05) is 6.07 Å². The van der Waals surface area contributed by atoms with Crippen LogP contribution in [0, 0.1) is 11.3 Å². The number of pyridine rings is 1. The molecular weight excluding hydrogens is 266 g/mol. The lowest BCUT2D eigenvalue weighted by molar-refractivity contribution is 0.411. The van der Waals surface area contributed by atoms with Gasteiger partial charge in [0.1, 0.15) is 5.82 Å². The maximum absolute atomic E-state index is 12.5. The van der Waals surface area contributed by atoms with Crippen LogP contribution < -0.4 is 11.3 Å². The first-order valence-electron chi connectivity index (χ1n) is 5.91. The van der Waals surface area contributed by atoms with Crippen LogP contribution in [0.3, 0.4) is 0 Å². The molecule has 1 aromatic heterocycles. The van der Waals surface area contributed by atoms with Gasteiger partial charge in [-0.25, -0.2) is 19.2 Å². The van der Waals surface area contributed by atoms with Gasteiger partial charge < -0.3 is 5.43 Å². The van der Waals surface area contributed by atoms with Gasteiger partial charge in [-0.2, -0.15) is 9.57 Å². The summed E-state index contributed by atoms with van der Waals surface area (Å²) in [5.41, 5.74) is 2.32. The van der Waals surface area contributed by atoms with Gasteiger partial charge in [-0.05, 0) is 18.9 Å². The van der Waals surface area contributed by atoms with Crippen molar-refractivity contribution in [3.63, 3.8) is 0 Å². The Kier molecular flexibility index (Phi) is 3.99. The Morgan fingerprint density at radius 2 is 2.32 bits per heavy atom. The van der Waals surface area contributed by atoms with E-state index in [2.05, 4.69) is 10.4 Å². The van der Waals surface area contributed by atoms with E-state index in [-0.39, 0.29) is 29.7 Å². The molecule has 102 valence electrons. The minimum atomic E-state index is -3.60. The Morgan fingerprint density at radius 1 is 1.58 bits per heavy atom. The molecule has 7 nitrogen and oxygen atoms in total. The standard InChI is InChI=1S/C11H15N5O2S/c12-5-1-7-16(9-2-3-9)19(17,18)10-4-6-14-11(8-10)15-13/h4,6,8-9H,1-3,7,13H2,(H,14,15). The molecule has 0 bridgehead atoms. The summed E-state index contributed by atoms with van der Waals surface area (Å²) in [7, 11) is -3.60. The Labute approximate surface area is 112 Å². The molecule has 0 amide bonds. The fourth-order valence-electron chi connectivity index (χ4n) is 1.81. The van der Waals surface area contributed by atoms with E-state index < -0.39 is 10.0 Å². The molecule has 19 heavy (non-hydrogen) atoms. The van der Waals surface area contributed by atoms with E-state index in [9.17, 15) is 8.42 Å². The first-order valence-corrected chi connectivity index (χ1v) is 7.35. The Balaban J connectivity index is 2.30. The number of hydrogen-bond acceptors (Lipinski definition) is 6. The van der Waals surface area contributed by atoms with E-state index in [0.717, 1.165) is 12.8 Å². The van der Waals surface area contributed by atoms with E-state index >= 15 is 0 Å². The van der Waals surface area contributed by atoms with Gasteiger partial charge in [-0.1, -0.05) is 0 Å². The number of nitriles is 1. The maximum Gasteiger partial charge on any atom is 0.243 e. The molecule has 0 spiro atoms. The second-order valence-corrected chi connectivity index (χ2v) is 6.17. The van der Waals surface area contributed by atoms with Crippen molar-refractivity contribution in [3.8, 4) is 6.07 Å². The number of nitrogens with one attached hydrogen (secondary N) is 1. The molecule has 8 heteroatoms. The van der Waals surface area contributed by atoms with Crippen LogP contribution >= 0.6 is 0 Å². The number of anilines is 1. The number of nitrogen functional groups attached to an aromatic ring is 1. The molecule has 0 saturated heterocycles. The number of sulfonamides is 1. The molecule has 0 radical (unpaired) electrons. The Bertz CT molecular complexity index is 591. The number of nitrogens with zero attached hydrogens (tertiary/aromatic N) is 3. The van der Waals surface area contributed by atoms with Gasteiger partial charge in [-0.3, -0.25) is 0 Å². The average molecular weight is 281 g/mol. The summed E-state index contributed by atoms with van der Waals surface area (Å²) in [6.07, 6.45) is 3.26. The van der Waals surface area contributed by atoms with Crippen LogP contribution in [0.25, 0.3) is 0 Å². The highest BCUT2D eigenvalue weighted by atomic mass is 32.2.